The summed E-state index contributed by atoms with van der Waals surface area (Å²) >= 11 is 0. The molecular formula is C22H21N3O2. The molecule has 0 aliphatic rings. The zero-order valence-electron chi connectivity index (χ0n) is 15.4. The summed E-state index contributed by atoms with van der Waals surface area (Å²) in [5.41, 5.74) is 3.57. The topological polar surface area (TPSA) is 56.0 Å². The number of aryl methyl sites for hydroxylation is 2. The van der Waals surface area contributed by atoms with E-state index in [1.165, 1.54) is 0 Å². The third-order valence-corrected chi connectivity index (χ3v) is 4.95. The largest absolute Gasteiger partial charge is 0.350 e. The molecule has 0 aliphatic heterocycles. The molecule has 0 unspecified atom stereocenters. The van der Waals surface area contributed by atoms with Crippen LogP contribution in [-0.2, 0) is 18.4 Å². The number of aromatic nitrogens is 2. The summed E-state index contributed by atoms with van der Waals surface area (Å²) in [7, 11) is 1.98. The lowest BCUT2D eigenvalue weighted by molar-refractivity contribution is -0.116. The van der Waals surface area contributed by atoms with E-state index >= 15 is 0 Å². The van der Waals surface area contributed by atoms with E-state index in [-0.39, 0.29) is 11.7 Å². The van der Waals surface area contributed by atoms with Gasteiger partial charge in [-0.2, -0.15) is 0 Å². The van der Waals surface area contributed by atoms with E-state index in [2.05, 4.69) is 5.32 Å². The third kappa shape index (κ3) is 3.12. The lowest BCUT2D eigenvalue weighted by Gasteiger charge is -2.09. The number of rotatable bonds is 5. The number of anilines is 1. The molecule has 2 aromatic heterocycles. The van der Waals surface area contributed by atoms with Crippen LogP contribution in [0.4, 0.5) is 5.69 Å². The summed E-state index contributed by atoms with van der Waals surface area (Å²) in [6.45, 7) is 2.09. The van der Waals surface area contributed by atoms with E-state index in [1.54, 1.807) is 6.92 Å². The second-order valence-corrected chi connectivity index (χ2v) is 6.77. The lowest BCUT2D eigenvalue weighted by atomic mass is 10.1. The molecule has 2 heterocycles. The van der Waals surface area contributed by atoms with Crippen molar-refractivity contribution in [2.45, 2.75) is 19.9 Å². The minimum atomic E-state index is -0.0477. The Morgan fingerprint density at radius 1 is 0.963 bits per heavy atom. The van der Waals surface area contributed by atoms with E-state index in [4.69, 9.17) is 0 Å². The van der Waals surface area contributed by atoms with E-state index < -0.39 is 0 Å². The van der Waals surface area contributed by atoms with Crippen molar-refractivity contribution in [3.8, 4) is 0 Å². The van der Waals surface area contributed by atoms with Gasteiger partial charge in [0.25, 0.3) is 0 Å². The van der Waals surface area contributed by atoms with E-state index in [0.717, 1.165) is 27.5 Å². The molecule has 1 amide bonds. The average Bonchev–Trinajstić information content (AvgIpc) is 3.22. The van der Waals surface area contributed by atoms with Crippen molar-refractivity contribution in [3.63, 3.8) is 0 Å². The number of amides is 1. The quantitative estimate of drug-likeness (QED) is 0.538. The van der Waals surface area contributed by atoms with Crippen molar-refractivity contribution in [2.75, 3.05) is 5.32 Å². The Kier molecular flexibility index (Phi) is 4.28. The van der Waals surface area contributed by atoms with E-state index in [9.17, 15) is 9.59 Å². The fourth-order valence-corrected chi connectivity index (χ4v) is 3.56. The smallest absolute Gasteiger partial charge is 0.226 e. The van der Waals surface area contributed by atoms with Gasteiger partial charge < -0.3 is 14.5 Å². The maximum absolute atomic E-state index is 12.5. The Hall–Kier alpha value is -3.34. The number of ketones is 1. The van der Waals surface area contributed by atoms with Gasteiger partial charge in [-0.25, -0.2) is 0 Å². The molecule has 0 bridgehead atoms. The molecule has 0 fully saturated rings. The highest BCUT2D eigenvalue weighted by atomic mass is 16.1. The van der Waals surface area contributed by atoms with Gasteiger partial charge in [-0.15, -0.1) is 0 Å². The highest BCUT2D eigenvalue weighted by Gasteiger charge is 2.13. The van der Waals surface area contributed by atoms with Crippen molar-refractivity contribution in [2.24, 2.45) is 7.05 Å². The van der Waals surface area contributed by atoms with E-state index in [0.29, 0.717) is 18.5 Å². The van der Waals surface area contributed by atoms with Crippen LogP contribution in [-0.4, -0.2) is 20.8 Å². The van der Waals surface area contributed by atoms with Crippen molar-refractivity contribution in [1.82, 2.24) is 9.13 Å². The normalized spacial score (nSPS) is 11.2. The summed E-state index contributed by atoms with van der Waals surface area (Å²) in [5.74, 6) is -0.0151. The molecule has 27 heavy (non-hydrogen) atoms. The zero-order chi connectivity index (χ0) is 19.0. The number of Topliss-reactive ketones (excluding diaryl/α,β-unsaturated/α-hetero) is 1. The van der Waals surface area contributed by atoms with Crippen molar-refractivity contribution in [1.29, 1.82) is 0 Å². The van der Waals surface area contributed by atoms with Gasteiger partial charge in [0.2, 0.25) is 5.91 Å². The number of hydrogen-bond acceptors (Lipinski definition) is 2. The molecule has 0 spiro atoms. The first kappa shape index (κ1) is 17.1. The van der Waals surface area contributed by atoms with Crippen LogP contribution in [0.25, 0.3) is 21.8 Å². The summed E-state index contributed by atoms with van der Waals surface area (Å²) < 4.78 is 4.01. The van der Waals surface area contributed by atoms with Crippen molar-refractivity contribution in [3.05, 3.63) is 66.5 Å². The third-order valence-electron chi connectivity index (χ3n) is 4.95. The molecule has 2 aromatic carbocycles. The van der Waals surface area contributed by atoms with E-state index in [1.807, 2.05) is 77.1 Å². The molecule has 0 saturated carbocycles. The first-order chi connectivity index (χ1) is 13.0. The van der Waals surface area contributed by atoms with Gasteiger partial charge in [-0.3, -0.25) is 9.59 Å². The van der Waals surface area contributed by atoms with Crippen LogP contribution in [0.15, 0.2) is 60.9 Å². The molecule has 0 aliphatic carbocycles. The summed E-state index contributed by atoms with van der Waals surface area (Å²) in [6.07, 6.45) is 4.16. The Morgan fingerprint density at radius 3 is 2.56 bits per heavy atom. The Labute approximate surface area is 157 Å². The van der Waals surface area contributed by atoms with Gasteiger partial charge in [0.05, 0.1) is 5.69 Å². The van der Waals surface area contributed by atoms with Gasteiger partial charge in [-0.1, -0.05) is 24.3 Å². The van der Waals surface area contributed by atoms with Gasteiger partial charge >= 0.3 is 0 Å². The predicted molar refractivity (Wildman–Crippen MR) is 108 cm³/mol. The van der Waals surface area contributed by atoms with Crippen LogP contribution in [0.5, 0.6) is 0 Å². The molecule has 4 rings (SSSR count). The number of nitrogens with one attached hydrogen (secondary N) is 1. The lowest BCUT2D eigenvalue weighted by Crippen LogP contribution is -2.14. The predicted octanol–water partition coefficient (Wildman–Crippen LogP) is 4.36. The Balaban J connectivity index is 1.53. The molecular weight excluding hydrogens is 338 g/mol. The standard InChI is InChI=1S/C22H21N3O2/c1-15(26)18-14-25(21-8-4-3-6-16(18)21)13-11-22(27)23-19-7-5-9-20-17(19)10-12-24(20)2/h3-10,12,14H,11,13H2,1-2H3,(H,23,27). The molecule has 1 N–H and O–H groups in total. The first-order valence-corrected chi connectivity index (χ1v) is 8.97. The molecule has 5 heteroatoms. The summed E-state index contributed by atoms with van der Waals surface area (Å²) in [4.78, 5) is 24.4. The van der Waals surface area contributed by atoms with Crippen LogP contribution in [0.1, 0.15) is 23.7 Å². The Bertz CT molecular complexity index is 1170. The maximum atomic E-state index is 12.5. The molecule has 4 aromatic rings. The molecule has 136 valence electrons. The fourth-order valence-electron chi connectivity index (χ4n) is 3.56. The minimum absolute atomic E-state index is 0.0326. The van der Waals surface area contributed by atoms with Gasteiger partial charge in [-0.05, 0) is 31.2 Å². The second-order valence-electron chi connectivity index (χ2n) is 6.77. The van der Waals surface area contributed by atoms with Crippen molar-refractivity contribution >= 4 is 39.2 Å². The minimum Gasteiger partial charge on any atom is -0.350 e. The number of benzene rings is 2. The fraction of sp³-hybridized carbons (Fsp3) is 0.182. The number of hydrogen-bond donors (Lipinski definition) is 1. The average molecular weight is 359 g/mol. The number of carbonyl (C=O) groups excluding carboxylic acids is 2. The Morgan fingerprint density at radius 2 is 1.74 bits per heavy atom. The maximum Gasteiger partial charge on any atom is 0.226 e. The van der Waals surface area contributed by atoms with Crippen LogP contribution >= 0.6 is 0 Å². The molecule has 0 atom stereocenters. The second kappa shape index (κ2) is 6.76. The molecule has 0 radical (unpaired) electrons. The number of fused-ring (bicyclic) bond motifs is 2. The van der Waals surface area contributed by atoms with Crippen LogP contribution in [0.2, 0.25) is 0 Å². The van der Waals surface area contributed by atoms with Gasteiger partial charge in [0.1, 0.15) is 0 Å². The number of carbonyl (C=O) groups is 2. The zero-order valence-corrected chi connectivity index (χ0v) is 15.4. The van der Waals surface area contributed by atoms with Crippen molar-refractivity contribution < 1.29 is 9.59 Å². The highest BCUT2D eigenvalue weighted by Crippen LogP contribution is 2.25. The van der Waals surface area contributed by atoms with Crippen LogP contribution < -0.4 is 5.32 Å². The monoisotopic (exact) mass is 359 g/mol. The first-order valence-electron chi connectivity index (χ1n) is 8.97. The van der Waals surface area contributed by atoms with Crippen LogP contribution in [0, 0.1) is 0 Å². The molecule has 5 nitrogen and oxygen atoms in total. The number of para-hydroxylation sites is 1. The summed E-state index contributed by atoms with van der Waals surface area (Å²) in [5, 5.41) is 4.97. The molecule has 0 saturated heterocycles. The highest BCUT2D eigenvalue weighted by molar-refractivity contribution is 6.07. The number of nitrogens with zero attached hydrogens (tertiary/aromatic N) is 2. The van der Waals surface area contributed by atoms with Crippen LogP contribution in [0.3, 0.4) is 0 Å². The van der Waals surface area contributed by atoms with Gasteiger partial charge in [0.15, 0.2) is 5.78 Å². The summed E-state index contributed by atoms with van der Waals surface area (Å²) in [6, 6.07) is 15.7. The van der Waals surface area contributed by atoms with Gasteiger partial charge in [0, 0.05) is 59.8 Å². The SMILES string of the molecule is CC(=O)c1cn(CCC(=O)Nc2cccc3c2ccn3C)c2ccccc12.